The van der Waals surface area contributed by atoms with Gasteiger partial charge in [0.15, 0.2) is 5.43 Å². The first-order valence-corrected chi connectivity index (χ1v) is 6.45. The summed E-state index contributed by atoms with van der Waals surface area (Å²) < 4.78 is 1.71. The summed E-state index contributed by atoms with van der Waals surface area (Å²) in [6.07, 6.45) is 0. The van der Waals surface area contributed by atoms with Crippen LogP contribution in [-0.2, 0) is 0 Å². The average Bonchev–Trinajstić information content (AvgIpc) is 2.39. The van der Waals surface area contributed by atoms with Crippen LogP contribution in [0.15, 0.2) is 41.2 Å². The summed E-state index contributed by atoms with van der Waals surface area (Å²) in [7, 11) is 0. The van der Waals surface area contributed by atoms with E-state index in [1.54, 1.807) is 30.3 Å². The van der Waals surface area contributed by atoms with Gasteiger partial charge in [-0.15, -0.1) is 11.3 Å². The molecule has 1 heterocycles. The molecule has 2 aromatic carbocycles. The Morgan fingerprint density at radius 1 is 1.06 bits per heavy atom. The van der Waals surface area contributed by atoms with E-state index < -0.39 is 0 Å². The van der Waals surface area contributed by atoms with E-state index in [9.17, 15) is 4.79 Å². The molecule has 86 valence electrons. The van der Waals surface area contributed by atoms with E-state index in [4.69, 9.17) is 16.9 Å². The lowest BCUT2D eigenvalue weighted by Crippen LogP contribution is -2.00. The summed E-state index contributed by atoms with van der Waals surface area (Å²) in [5, 5.41) is 10.7. The van der Waals surface area contributed by atoms with Gasteiger partial charge in [-0.1, -0.05) is 11.6 Å². The fraction of sp³-hybridized carbons (Fsp3) is 0. The number of hydrogen-bond donors (Lipinski definition) is 0. The van der Waals surface area contributed by atoms with Crippen LogP contribution in [0.2, 0.25) is 5.02 Å². The number of nitrogens with zero attached hydrogens (tertiary/aromatic N) is 1. The maximum absolute atomic E-state index is 12.3. The van der Waals surface area contributed by atoms with Crippen molar-refractivity contribution in [3.05, 3.63) is 57.2 Å². The van der Waals surface area contributed by atoms with Crippen molar-refractivity contribution in [1.82, 2.24) is 0 Å². The first kappa shape index (κ1) is 11.2. The normalized spacial score (nSPS) is 10.7. The van der Waals surface area contributed by atoms with E-state index in [0.717, 1.165) is 9.40 Å². The topological polar surface area (TPSA) is 40.9 Å². The summed E-state index contributed by atoms with van der Waals surface area (Å²) in [4.78, 5) is 12.3. The SMILES string of the molecule is N#Cc1ccc2c(=O)c3cc(Cl)ccc3sc2c1. The van der Waals surface area contributed by atoms with Crippen molar-refractivity contribution in [3.8, 4) is 6.07 Å². The van der Waals surface area contributed by atoms with E-state index in [1.807, 2.05) is 6.07 Å². The van der Waals surface area contributed by atoms with Gasteiger partial charge in [0.25, 0.3) is 0 Å². The van der Waals surface area contributed by atoms with Crippen LogP contribution in [0.4, 0.5) is 0 Å². The van der Waals surface area contributed by atoms with Crippen LogP contribution >= 0.6 is 22.9 Å². The van der Waals surface area contributed by atoms with Crippen molar-refractivity contribution in [2.75, 3.05) is 0 Å². The third-order valence-electron chi connectivity index (χ3n) is 2.76. The predicted octanol–water partition coefficient (Wildman–Crippen LogP) is 3.94. The van der Waals surface area contributed by atoms with Gasteiger partial charge in [-0.05, 0) is 36.4 Å². The van der Waals surface area contributed by atoms with E-state index in [1.165, 1.54) is 11.3 Å². The molecule has 0 N–H and O–H groups in total. The van der Waals surface area contributed by atoms with Gasteiger partial charge in [0.2, 0.25) is 0 Å². The summed E-state index contributed by atoms with van der Waals surface area (Å²) in [6.45, 7) is 0. The minimum atomic E-state index is -0.0364. The Balaban J connectivity index is 2.53. The Bertz CT molecular complexity index is 876. The zero-order valence-electron chi connectivity index (χ0n) is 9.11. The van der Waals surface area contributed by atoms with Crippen molar-refractivity contribution < 1.29 is 0 Å². The maximum Gasteiger partial charge on any atom is 0.195 e. The number of fused-ring (bicyclic) bond motifs is 2. The lowest BCUT2D eigenvalue weighted by molar-refractivity contribution is 1.50. The van der Waals surface area contributed by atoms with Crippen LogP contribution in [0, 0.1) is 11.3 Å². The Labute approximate surface area is 112 Å². The zero-order chi connectivity index (χ0) is 12.7. The molecule has 0 aliphatic rings. The van der Waals surface area contributed by atoms with Gasteiger partial charge >= 0.3 is 0 Å². The molecule has 0 atom stereocenters. The highest BCUT2D eigenvalue weighted by atomic mass is 35.5. The van der Waals surface area contributed by atoms with Gasteiger partial charge in [-0.25, -0.2) is 0 Å². The van der Waals surface area contributed by atoms with Crippen LogP contribution in [0.5, 0.6) is 0 Å². The van der Waals surface area contributed by atoms with Gasteiger partial charge in [0.05, 0.1) is 11.6 Å². The van der Waals surface area contributed by atoms with E-state index >= 15 is 0 Å². The van der Waals surface area contributed by atoms with Crippen LogP contribution in [0.3, 0.4) is 0 Å². The smallest absolute Gasteiger partial charge is 0.195 e. The van der Waals surface area contributed by atoms with Crippen LogP contribution in [0.1, 0.15) is 5.56 Å². The minimum Gasteiger partial charge on any atom is -0.289 e. The molecule has 4 heteroatoms. The summed E-state index contributed by atoms with van der Waals surface area (Å²) in [5.74, 6) is 0. The molecule has 3 aromatic rings. The minimum absolute atomic E-state index is 0.0364. The second-order valence-corrected chi connectivity index (χ2v) is 5.41. The number of benzene rings is 2. The molecule has 0 spiro atoms. The van der Waals surface area contributed by atoms with Gasteiger partial charge in [-0.2, -0.15) is 5.26 Å². The number of hydrogen-bond acceptors (Lipinski definition) is 3. The molecule has 0 saturated heterocycles. The third kappa shape index (κ3) is 1.67. The molecule has 1 aromatic heterocycles. The second kappa shape index (κ2) is 4.09. The predicted molar refractivity (Wildman–Crippen MR) is 75.3 cm³/mol. The summed E-state index contributed by atoms with van der Waals surface area (Å²) in [5.41, 5.74) is 0.525. The van der Waals surface area contributed by atoms with E-state index in [-0.39, 0.29) is 5.43 Å². The molecular formula is C14H6ClNOS. The molecule has 3 rings (SSSR count). The number of nitriles is 1. The average molecular weight is 272 g/mol. The van der Waals surface area contributed by atoms with Gasteiger partial charge in [-0.3, -0.25) is 4.79 Å². The van der Waals surface area contributed by atoms with Crippen molar-refractivity contribution in [3.63, 3.8) is 0 Å². The van der Waals surface area contributed by atoms with Crippen LogP contribution in [0.25, 0.3) is 20.2 Å². The lowest BCUT2D eigenvalue weighted by atomic mass is 10.1. The van der Waals surface area contributed by atoms with Crippen molar-refractivity contribution >= 4 is 43.1 Å². The number of rotatable bonds is 0. The summed E-state index contributed by atoms with van der Waals surface area (Å²) in [6, 6.07) is 12.5. The van der Waals surface area contributed by atoms with Crippen molar-refractivity contribution in [1.29, 1.82) is 5.26 Å². The van der Waals surface area contributed by atoms with Gasteiger partial charge in [0, 0.05) is 25.2 Å². The number of halogens is 1. The first-order valence-electron chi connectivity index (χ1n) is 5.25. The molecule has 18 heavy (non-hydrogen) atoms. The monoisotopic (exact) mass is 271 g/mol. The zero-order valence-corrected chi connectivity index (χ0v) is 10.7. The summed E-state index contributed by atoms with van der Waals surface area (Å²) >= 11 is 7.41. The van der Waals surface area contributed by atoms with Crippen LogP contribution in [-0.4, -0.2) is 0 Å². The lowest BCUT2D eigenvalue weighted by Gasteiger charge is -2.01. The highest BCUT2D eigenvalue weighted by molar-refractivity contribution is 7.24. The molecule has 2 nitrogen and oxygen atoms in total. The standard InChI is InChI=1S/C14H6ClNOS/c15-9-2-4-12-11(6-9)14(17)10-3-1-8(7-16)5-13(10)18-12/h1-6H. The van der Waals surface area contributed by atoms with Gasteiger partial charge < -0.3 is 0 Å². The molecule has 0 fully saturated rings. The first-order chi connectivity index (χ1) is 8.69. The quantitative estimate of drug-likeness (QED) is 0.581. The highest BCUT2D eigenvalue weighted by Crippen LogP contribution is 2.27. The largest absolute Gasteiger partial charge is 0.289 e. The van der Waals surface area contributed by atoms with E-state index in [0.29, 0.717) is 21.4 Å². The molecule has 0 radical (unpaired) electrons. The van der Waals surface area contributed by atoms with Crippen molar-refractivity contribution in [2.24, 2.45) is 0 Å². The third-order valence-corrected chi connectivity index (χ3v) is 4.13. The fourth-order valence-electron chi connectivity index (χ4n) is 1.90. The Kier molecular flexibility index (Phi) is 2.55. The fourth-order valence-corrected chi connectivity index (χ4v) is 3.16. The molecule has 0 aliphatic carbocycles. The molecule has 0 aliphatic heterocycles. The Morgan fingerprint density at radius 2 is 1.89 bits per heavy atom. The Morgan fingerprint density at radius 3 is 2.67 bits per heavy atom. The molecule has 0 unspecified atom stereocenters. The highest BCUT2D eigenvalue weighted by Gasteiger charge is 2.07. The maximum atomic E-state index is 12.3. The molecule has 0 bridgehead atoms. The molecule has 0 amide bonds. The molecular weight excluding hydrogens is 266 g/mol. The van der Waals surface area contributed by atoms with Gasteiger partial charge in [0.1, 0.15) is 0 Å². The van der Waals surface area contributed by atoms with E-state index in [2.05, 4.69) is 6.07 Å². The second-order valence-electron chi connectivity index (χ2n) is 3.89. The van der Waals surface area contributed by atoms with Crippen LogP contribution < -0.4 is 5.43 Å². The molecule has 0 saturated carbocycles. The Hall–Kier alpha value is -1.89. The van der Waals surface area contributed by atoms with Crippen molar-refractivity contribution in [2.45, 2.75) is 0 Å².